The molecule has 1 aliphatic rings. The van der Waals surface area contributed by atoms with Gasteiger partial charge in [0.15, 0.2) is 5.76 Å². The maximum Gasteiger partial charge on any atom is 0.289 e. The van der Waals surface area contributed by atoms with Crippen molar-refractivity contribution in [3.05, 3.63) is 23.7 Å². The van der Waals surface area contributed by atoms with Gasteiger partial charge >= 0.3 is 0 Å². The van der Waals surface area contributed by atoms with Crippen LogP contribution in [0.1, 0.15) is 35.9 Å². The molecule has 0 spiro atoms. The summed E-state index contributed by atoms with van der Waals surface area (Å²) in [5, 5.41) is 0. The SMILES string of the molecule is Cc1ccoc1C(=O)N1CCCC(C)C1. The van der Waals surface area contributed by atoms with Crippen LogP contribution in [-0.4, -0.2) is 23.9 Å². The first-order valence-corrected chi connectivity index (χ1v) is 5.52. The van der Waals surface area contributed by atoms with Crippen molar-refractivity contribution in [2.24, 2.45) is 5.92 Å². The van der Waals surface area contributed by atoms with Crippen LogP contribution in [0.15, 0.2) is 16.7 Å². The number of nitrogens with zero attached hydrogens (tertiary/aromatic N) is 1. The molecule has 0 N–H and O–H groups in total. The monoisotopic (exact) mass is 207 g/mol. The Morgan fingerprint density at radius 2 is 2.40 bits per heavy atom. The van der Waals surface area contributed by atoms with Gasteiger partial charge < -0.3 is 9.32 Å². The van der Waals surface area contributed by atoms with Crippen molar-refractivity contribution in [2.45, 2.75) is 26.7 Å². The third-order valence-corrected chi connectivity index (χ3v) is 3.00. The van der Waals surface area contributed by atoms with Crippen LogP contribution < -0.4 is 0 Å². The van der Waals surface area contributed by atoms with Crippen LogP contribution in [0.5, 0.6) is 0 Å². The van der Waals surface area contributed by atoms with Gasteiger partial charge in [-0.15, -0.1) is 0 Å². The molecule has 2 rings (SSSR count). The van der Waals surface area contributed by atoms with Crippen molar-refractivity contribution in [1.29, 1.82) is 0 Å². The lowest BCUT2D eigenvalue weighted by atomic mass is 10.00. The lowest BCUT2D eigenvalue weighted by molar-refractivity contribution is 0.0650. The molecule has 3 heteroatoms. The molecule has 1 unspecified atom stereocenters. The fraction of sp³-hybridized carbons (Fsp3) is 0.583. The van der Waals surface area contributed by atoms with Gasteiger partial charge in [0.25, 0.3) is 5.91 Å². The maximum absolute atomic E-state index is 12.1. The quantitative estimate of drug-likeness (QED) is 0.708. The number of aryl methyl sites for hydroxylation is 1. The van der Waals surface area contributed by atoms with Crippen LogP contribution in [-0.2, 0) is 0 Å². The molecular formula is C12H17NO2. The van der Waals surface area contributed by atoms with Crippen LogP contribution >= 0.6 is 0 Å². The number of piperidine rings is 1. The van der Waals surface area contributed by atoms with E-state index in [2.05, 4.69) is 6.92 Å². The maximum atomic E-state index is 12.1. The Hall–Kier alpha value is -1.25. The number of furan rings is 1. The number of rotatable bonds is 1. The summed E-state index contributed by atoms with van der Waals surface area (Å²) < 4.78 is 5.22. The van der Waals surface area contributed by atoms with E-state index in [1.807, 2.05) is 17.9 Å². The highest BCUT2D eigenvalue weighted by Gasteiger charge is 2.24. The molecule has 1 aromatic heterocycles. The van der Waals surface area contributed by atoms with Crippen molar-refractivity contribution in [2.75, 3.05) is 13.1 Å². The number of hydrogen-bond acceptors (Lipinski definition) is 2. The van der Waals surface area contributed by atoms with Crippen LogP contribution in [0, 0.1) is 12.8 Å². The van der Waals surface area contributed by atoms with Crippen LogP contribution in [0.4, 0.5) is 0 Å². The number of carbonyl (C=O) groups is 1. The summed E-state index contributed by atoms with van der Waals surface area (Å²) in [7, 11) is 0. The van der Waals surface area contributed by atoms with Crippen molar-refractivity contribution < 1.29 is 9.21 Å². The zero-order chi connectivity index (χ0) is 10.8. The van der Waals surface area contributed by atoms with E-state index in [0.717, 1.165) is 25.1 Å². The molecule has 1 saturated heterocycles. The molecule has 0 radical (unpaired) electrons. The molecule has 0 aromatic carbocycles. The molecule has 2 heterocycles. The number of carbonyl (C=O) groups excluding carboxylic acids is 1. The van der Waals surface area contributed by atoms with Crippen LogP contribution in [0.3, 0.4) is 0 Å². The molecule has 0 saturated carbocycles. The summed E-state index contributed by atoms with van der Waals surface area (Å²) in [4.78, 5) is 14.0. The molecule has 1 fully saturated rings. The van der Waals surface area contributed by atoms with Crippen molar-refractivity contribution in [1.82, 2.24) is 4.90 Å². The zero-order valence-electron chi connectivity index (χ0n) is 9.32. The Kier molecular flexibility index (Phi) is 2.80. The summed E-state index contributed by atoms with van der Waals surface area (Å²) in [6.45, 7) is 5.82. The Morgan fingerprint density at radius 1 is 1.60 bits per heavy atom. The third-order valence-electron chi connectivity index (χ3n) is 3.00. The van der Waals surface area contributed by atoms with Crippen molar-refractivity contribution in [3.63, 3.8) is 0 Å². The highest BCUT2D eigenvalue weighted by molar-refractivity contribution is 5.92. The van der Waals surface area contributed by atoms with E-state index in [4.69, 9.17) is 4.42 Å². The Labute approximate surface area is 90.1 Å². The van der Waals surface area contributed by atoms with Crippen molar-refractivity contribution >= 4 is 5.91 Å². The highest BCUT2D eigenvalue weighted by atomic mass is 16.3. The first-order valence-electron chi connectivity index (χ1n) is 5.52. The van der Waals surface area contributed by atoms with Crippen LogP contribution in [0.25, 0.3) is 0 Å². The van der Waals surface area contributed by atoms with Gasteiger partial charge in [-0.1, -0.05) is 6.92 Å². The van der Waals surface area contributed by atoms with Gasteiger partial charge in [-0.3, -0.25) is 4.79 Å². The largest absolute Gasteiger partial charge is 0.459 e. The summed E-state index contributed by atoms with van der Waals surface area (Å²) in [5.41, 5.74) is 0.929. The average molecular weight is 207 g/mol. The fourth-order valence-electron chi connectivity index (χ4n) is 2.11. The minimum absolute atomic E-state index is 0.0454. The second-order valence-corrected chi connectivity index (χ2v) is 4.43. The lowest BCUT2D eigenvalue weighted by Crippen LogP contribution is -2.39. The highest BCUT2D eigenvalue weighted by Crippen LogP contribution is 2.19. The smallest absolute Gasteiger partial charge is 0.289 e. The van der Waals surface area contributed by atoms with Gasteiger partial charge in [-0.05, 0) is 31.7 Å². The normalized spacial score (nSPS) is 21.7. The topological polar surface area (TPSA) is 33.5 Å². The molecule has 82 valence electrons. The van der Waals surface area contributed by atoms with E-state index in [0.29, 0.717) is 11.7 Å². The Morgan fingerprint density at radius 3 is 3.00 bits per heavy atom. The zero-order valence-corrected chi connectivity index (χ0v) is 9.32. The molecule has 3 nitrogen and oxygen atoms in total. The van der Waals surface area contributed by atoms with E-state index in [9.17, 15) is 4.79 Å². The number of likely N-dealkylation sites (tertiary alicyclic amines) is 1. The van der Waals surface area contributed by atoms with E-state index >= 15 is 0 Å². The van der Waals surface area contributed by atoms with Crippen molar-refractivity contribution in [3.8, 4) is 0 Å². The molecule has 0 bridgehead atoms. The van der Waals surface area contributed by atoms with Gasteiger partial charge in [0.1, 0.15) is 0 Å². The predicted octanol–water partition coefficient (Wildman–Crippen LogP) is 2.46. The average Bonchev–Trinajstić information content (AvgIpc) is 2.63. The molecule has 1 atom stereocenters. The Balaban J connectivity index is 2.11. The molecular weight excluding hydrogens is 190 g/mol. The molecule has 15 heavy (non-hydrogen) atoms. The van der Waals surface area contributed by atoms with Gasteiger partial charge in [0.05, 0.1) is 6.26 Å². The van der Waals surface area contributed by atoms with E-state index in [1.54, 1.807) is 6.26 Å². The van der Waals surface area contributed by atoms with Gasteiger partial charge in [0.2, 0.25) is 0 Å². The lowest BCUT2D eigenvalue weighted by Gasteiger charge is -2.30. The third kappa shape index (κ3) is 2.06. The van der Waals surface area contributed by atoms with Gasteiger partial charge in [-0.25, -0.2) is 0 Å². The number of hydrogen-bond donors (Lipinski definition) is 0. The van der Waals surface area contributed by atoms with E-state index in [1.165, 1.54) is 6.42 Å². The van der Waals surface area contributed by atoms with E-state index in [-0.39, 0.29) is 5.91 Å². The minimum Gasteiger partial charge on any atom is -0.459 e. The standard InChI is InChI=1S/C12H17NO2/c1-9-4-3-6-13(8-9)12(14)11-10(2)5-7-15-11/h5,7,9H,3-4,6,8H2,1-2H3. The molecule has 0 aliphatic carbocycles. The summed E-state index contributed by atoms with van der Waals surface area (Å²) in [6, 6.07) is 1.83. The number of amides is 1. The second-order valence-electron chi connectivity index (χ2n) is 4.43. The Bertz CT molecular complexity index is 356. The molecule has 1 aliphatic heterocycles. The van der Waals surface area contributed by atoms with Gasteiger partial charge in [-0.2, -0.15) is 0 Å². The minimum atomic E-state index is 0.0454. The molecule has 1 aromatic rings. The summed E-state index contributed by atoms with van der Waals surface area (Å²) in [5.74, 6) is 1.16. The first-order chi connectivity index (χ1) is 7.18. The summed E-state index contributed by atoms with van der Waals surface area (Å²) in [6.07, 6.45) is 3.91. The van der Waals surface area contributed by atoms with E-state index < -0.39 is 0 Å². The van der Waals surface area contributed by atoms with Crippen LogP contribution in [0.2, 0.25) is 0 Å². The summed E-state index contributed by atoms with van der Waals surface area (Å²) >= 11 is 0. The molecule has 1 amide bonds. The fourth-order valence-corrected chi connectivity index (χ4v) is 2.11. The first kappa shape index (κ1) is 10.3. The van der Waals surface area contributed by atoms with Gasteiger partial charge in [0, 0.05) is 18.7 Å². The predicted molar refractivity (Wildman–Crippen MR) is 57.7 cm³/mol. The second kappa shape index (κ2) is 4.09.